The van der Waals surface area contributed by atoms with E-state index in [0.717, 1.165) is 6.07 Å². The lowest BCUT2D eigenvalue weighted by atomic mass is 9.85. The largest absolute Gasteiger partial charge is 0.416 e. The number of carbonyl (C=O) groups excluding carboxylic acids is 1. The molecule has 1 heterocycles. The number of benzene rings is 1. The Morgan fingerprint density at radius 1 is 1.29 bits per heavy atom. The van der Waals surface area contributed by atoms with Crippen LogP contribution >= 0.6 is 12.4 Å². The Morgan fingerprint density at radius 2 is 1.92 bits per heavy atom. The molecule has 1 aromatic rings. The number of hydrogen-bond donors (Lipinski definition) is 2. The van der Waals surface area contributed by atoms with Crippen LogP contribution in [0.4, 0.5) is 13.2 Å². The van der Waals surface area contributed by atoms with Crippen molar-refractivity contribution >= 4 is 18.3 Å². The molecule has 0 aliphatic carbocycles. The van der Waals surface area contributed by atoms with Crippen LogP contribution in [0.15, 0.2) is 18.2 Å². The van der Waals surface area contributed by atoms with E-state index >= 15 is 0 Å². The summed E-state index contributed by atoms with van der Waals surface area (Å²) in [5.41, 5.74) is -0.0758. The van der Waals surface area contributed by atoms with Crippen LogP contribution in [-0.2, 0) is 6.18 Å². The Labute approximate surface area is 146 Å². The zero-order chi connectivity index (χ0) is 17.0. The first kappa shape index (κ1) is 20.8. The third-order valence-electron chi connectivity index (χ3n) is 4.07. The highest BCUT2D eigenvalue weighted by Gasteiger charge is 2.35. The molecule has 0 spiro atoms. The molecule has 0 bridgehead atoms. The van der Waals surface area contributed by atoms with Crippen molar-refractivity contribution in [2.45, 2.75) is 38.8 Å². The molecule has 136 valence electrons. The van der Waals surface area contributed by atoms with Gasteiger partial charge >= 0.3 is 6.18 Å². The summed E-state index contributed by atoms with van der Waals surface area (Å²) in [6, 6.07) is 3.74. The summed E-state index contributed by atoms with van der Waals surface area (Å²) in [6.07, 6.45) is -3.09. The highest BCUT2D eigenvalue weighted by molar-refractivity contribution is 5.94. The molecule has 1 aromatic carbocycles. The second kappa shape index (κ2) is 8.72. The quantitative estimate of drug-likeness (QED) is 0.848. The Morgan fingerprint density at radius 3 is 2.46 bits per heavy atom. The van der Waals surface area contributed by atoms with Gasteiger partial charge in [0.25, 0.3) is 5.91 Å². The number of halogens is 4. The average Bonchev–Trinajstić information content (AvgIpc) is 2.52. The van der Waals surface area contributed by atoms with E-state index in [1.807, 2.05) is 13.8 Å². The molecule has 24 heavy (non-hydrogen) atoms. The molecule has 1 aliphatic rings. The maximum Gasteiger partial charge on any atom is 0.416 e. The first-order valence-corrected chi connectivity index (χ1v) is 7.99. The average molecular weight is 365 g/mol. The van der Waals surface area contributed by atoms with Crippen molar-refractivity contribution in [2.75, 3.05) is 19.6 Å². The molecule has 1 saturated heterocycles. The molecular formula is C17H24ClF3N2O. The number of rotatable bonds is 4. The van der Waals surface area contributed by atoms with E-state index in [1.54, 1.807) is 0 Å². The topological polar surface area (TPSA) is 41.1 Å². The second-order valence-electron chi connectivity index (χ2n) is 6.43. The van der Waals surface area contributed by atoms with Gasteiger partial charge in [0, 0.05) is 12.1 Å². The van der Waals surface area contributed by atoms with Gasteiger partial charge in [-0.25, -0.2) is 0 Å². The first-order valence-electron chi connectivity index (χ1n) is 7.99. The van der Waals surface area contributed by atoms with Gasteiger partial charge in [0.2, 0.25) is 0 Å². The molecule has 3 nitrogen and oxygen atoms in total. The summed E-state index contributed by atoms with van der Waals surface area (Å²) >= 11 is 0. The van der Waals surface area contributed by atoms with Crippen molar-refractivity contribution in [2.24, 2.45) is 5.92 Å². The summed E-state index contributed by atoms with van der Waals surface area (Å²) < 4.78 is 39.8. The molecule has 0 saturated carbocycles. The predicted octanol–water partition coefficient (Wildman–Crippen LogP) is 3.98. The van der Waals surface area contributed by atoms with Crippen molar-refractivity contribution in [3.8, 4) is 0 Å². The third kappa shape index (κ3) is 5.38. The van der Waals surface area contributed by atoms with Crippen LogP contribution in [0.25, 0.3) is 0 Å². The van der Waals surface area contributed by atoms with Crippen molar-refractivity contribution in [1.82, 2.24) is 10.6 Å². The number of carbonyl (C=O) groups is 1. The molecular weight excluding hydrogens is 341 g/mol. The molecule has 2 rings (SSSR count). The van der Waals surface area contributed by atoms with Crippen LogP contribution in [0.3, 0.4) is 0 Å². The Balaban J connectivity index is 0.00000288. The molecule has 0 atom stereocenters. The minimum absolute atomic E-state index is 0. The first-order chi connectivity index (χ1) is 10.8. The summed E-state index contributed by atoms with van der Waals surface area (Å²) in [7, 11) is 0. The van der Waals surface area contributed by atoms with Gasteiger partial charge < -0.3 is 10.6 Å². The molecule has 2 N–H and O–H groups in total. The second-order valence-corrected chi connectivity index (χ2v) is 6.43. The van der Waals surface area contributed by atoms with Gasteiger partial charge in [-0.05, 0) is 61.5 Å². The zero-order valence-corrected chi connectivity index (χ0v) is 14.7. The highest BCUT2D eigenvalue weighted by Crippen LogP contribution is 2.38. The summed E-state index contributed by atoms with van der Waals surface area (Å²) in [5.74, 6) is -0.189. The monoisotopic (exact) mass is 364 g/mol. The summed E-state index contributed by atoms with van der Waals surface area (Å²) in [6.45, 7) is 5.83. The SMILES string of the molecule is CC(C)CNC(=O)c1ccc(C(F)(F)F)c(C2CCNCC2)c1.Cl. The number of piperidine rings is 1. The maximum atomic E-state index is 13.3. The van der Waals surface area contributed by atoms with Crippen LogP contribution in [0.5, 0.6) is 0 Å². The van der Waals surface area contributed by atoms with Gasteiger partial charge in [-0.1, -0.05) is 13.8 Å². The predicted molar refractivity (Wildman–Crippen MR) is 90.7 cm³/mol. The van der Waals surface area contributed by atoms with Crippen LogP contribution < -0.4 is 10.6 Å². The van der Waals surface area contributed by atoms with Crippen LogP contribution in [-0.4, -0.2) is 25.5 Å². The van der Waals surface area contributed by atoms with E-state index in [0.29, 0.717) is 38.0 Å². The molecule has 0 radical (unpaired) electrons. The van der Waals surface area contributed by atoms with E-state index < -0.39 is 11.7 Å². The van der Waals surface area contributed by atoms with Gasteiger partial charge in [-0.15, -0.1) is 12.4 Å². The molecule has 1 amide bonds. The highest BCUT2D eigenvalue weighted by atomic mass is 35.5. The summed E-state index contributed by atoms with van der Waals surface area (Å²) in [4.78, 5) is 12.1. The lowest BCUT2D eigenvalue weighted by Crippen LogP contribution is -2.29. The fourth-order valence-electron chi connectivity index (χ4n) is 2.83. The number of amides is 1. The Bertz CT molecular complexity index is 555. The Kier molecular flexibility index (Phi) is 7.55. The lowest BCUT2D eigenvalue weighted by Gasteiger charge is -2.26. The van der Waals surface area contributed by atoms with Crippen LogP contribution in [0.1, 0.15) is 54.1 Å². The zero-order valence-electron chi connectivity index (χ0n) is 13.9. The van der Waals surface area contributed by atoms with Gasteiger partial charge in [-0.2, -0.15) is 13.2 Å². The number of nitrogens with one attached hydrogen (secondary N) is 2. The van der Waals surface area contributed by atoms with E-state index in [1.165, 1.54) is 12.1 Å². The summed E-state index contributed by atoms with van der Waals surface area (Å²) in [5, 5.41) is 5.91. The fraction of sp³-hybridized carbons (Fsp3) is 0.588. The van der Waals surface area contributed by atoms with Gasteiger partial charge in [0.05, 0.1) is 5.56 Å². The van der Waals surface area contributed by atoms with Crippen molar-refractivity contribution in [3.05, 3.63) is 34.9 Å². The minimum Gasteiger partial charge on any atom is -0.352 e. The van der Waals surface area contributed by atoms with E-state index in [-0.39, 0.29) is 35.7 Å². The van der Waals surface area contributed by atoms with E-state index in [9.17, 15) is 18.0 Å². The van der Waals surface area contributed by atoms with Gasteiger partial charge in [0.1, 0.15) is 0 Å². The van der Waals surface area contributed by atoms with Crippen molar-refractivity contribution < 1.29 is 18.0 Å². The van der Waals surface area contributed by atoms with Crippen molar-refractivity contribution in [1.29, 1.82) is 0 Å². The Hall–Kier alpha value is -1.27. The number of hydrogen-bond acceptors (Lipinski definition) is 2. The smallest absolute Gasteiger partial charge is 0.352 e. The van der Waals surface area contributed by atoms with Gasteiger partial charge in [0.15, 0.2) is 0 Å². The van der Waals surface area contributed by atoms with Crippen LogP contribution in [0.2, 0.25) is 0 Å². The van der Waals surface area contributed by atoms with Crippen molar-refractivity contribution in [3.63, 3.8) is 0 Å². The molecule has 7 heteroatoms. The molecule has 1 aliphatic heterocycles. The van der Waals surface area contributed by atoms with E-state index in [2.05, 4.69) is 10.6 Å². The minimum atomic E-state index is -4.40. The third-order valence-corrected chi connectivity index (χ3v) is 4.07. The maximum absolute atomic E-state index is 13.3. The van der Waals surface area contributed by atoms with Crippen LogP contribution in [0, 0.1) is 5.92 Å². The van der Waals surface area contributed by atoms with E-state index in [4.69, 9.17) is 0 Å². The normalized spacial score (nSPS) is 15.9. The number of alkyl halides is 3. The van der Waals surface area contributed by atoms with Gasteiger partial charge in [-0.3, -0.25) is 4.79 Å². The standard InChI is InChI=1S/C17H23F3N2O.ClH/c1-11(2)10-22-16(23)13-3-4-15(17(18,19)20)14(9-13)12-5-7-21-8-6-12;/h3-4,9,11-12,21H,5-8,10H2,1-2H3,(H,22,23);1H. The lowest BCUT2D eigenvalue weighted by molar-refractivity contribution is -0.138. The fourth-order valence-corrected chi connectivity index (χ4v) is 2.83. The molecule has 0 unspecified atom stereocenters. The molecule has 1 fully saturated rings. The molecule has 0 aromatic heterocycles.